The molecule has 15 heteroatoms. The topological polar surface area (TPSA) is 177 Å². The minimum absolute atomic E-state index is 0.0372. The van der Waals surface area contributed by atoms with Crippen LogP contribution in [-0.2, 0) is 9.53 Å². The molecule has 0 aliphatic heterocycles. The summed E-state index contributed by atoms with van der Waals surface area (Å²) >= 11 is 11.1. The summed E-state index contributed by atoms with van der Waals surface area (Å²) in [4.78, 5) is 38.3. The first-order valence-electron chi connectivity index (χ1n) is 9.35. The fraction of sp³-hybridized carbons (Fsp3) is 0.500. The van der Waals surface area contributed by atoms with E-state index in [9.17, 15) is 34.8 Å². The van der Waals surface area contributed by atoms with Crippen molar-refractivity contribution in [2.75, 3.05) is 50.8 Å². The average Bonchev–Trinajstić information content (AvgIpc) is 2.78. The van der Waals surface area contributed by atoms with Crippen molar-refractivity contribution in [2.24, 2.45) is 0 Å². The first kappa shape index (κ1) is 30.9. The van der Waals surface area contributed by atoms with Gasteiger partial charge in [-0.05, 0) is 67.8 Å². The van der Waals surface area contributed by atoms with Crippen LogP contribution in [0.2, 0.25) is 0 Å². The molecular weight excluding hydrogens is 802 g/mol. The molecule has 7 N–H and O–H groups in total. The van der Waals surface area contributed by atoms with E-state index in [-0.39, 0.29) is 39.5 Å². The predicted octanol–water partition coefficient (Wildman–Crippen LogP) is -0.140. The number of rotatable bonds is 13. The zero-order chi connectivity index (χ0) is 25.1. The maximum atomic E-state index is 13.0. The molecule has 33 heavy (non-hydrogen) atoms. The summed E-state index contributed by atoms with van der Waals surface area (Å²) < 4.78 is 5.99. The highest BCUT2D eigenvalue weighted by Gasteiger charge is 2.30. The molecule has 0 aromatic heterocycles. The Balaban J connectivity index is 3.55. The summed E-state index contributed by atoms with van der Waals surface area (Å²) in [5, 5.41) is 44.8. The van der Waals surface area contributed by atoms with Crippen LogP contribution in [0.25, 0.3) is 0 Å². The summed E-state index contributed by atoms with van der Waals surface area (Å²) in [7, 11) is 0. The molecule has 3 amide bonds. The SMILES string of the molecule is O=C(COCCCl)Nc1c(I)c(C(=O)NC(CO)CO)c(I)c(C(=O)NC(CO)CO)c1I. The van der Waals surface area contributed by atoms with Crippen LogP contribution in [0.1, 0.15) is 20.7 Å². The third-order valence-corrected chi connectivity index (χ3v) is 7.43. The smallest absolute Gasteiger partial charge is 0.253 e. The molecule has 0 heterocycles. The third kappa shape index (κ3) is 8.81. The quantitative estimate of drug-likeness (QED) is 0.0818. The number of carbonyl (C=O) groups excluding carboxylic acids is 3. The van der Waals surface area contributed by atoms with Gasteiger partial charge in [0.25, 0.3) is 11.8 Å². The van der Waals surface area contributed by atoms with Crippen molar-refractivity contribution in [3.8, 4) is 0 Å². The molecule has 1 aromatic carbocycles. The van der Waals surface area contributed by atoms with Crippen molar-refractivity contribution in [3.05, 3.63) is 21.8 Å². The molecule has 0 aliphatic carbocycles. The van der Waals surface area contributed by atoms with Crippen molar-refractivity contribution >= 4 is 103 Å². The van der Waals surface area contributed by atoms with Crippen molar-refractivity contribution in [3.63, 3.8) is 0 Å². The summed E-state index contributed by atoms with van der Waals surface area (Å²) in [6.45, 7) is -2.19. The molecule has 0 saturated heterocycles. The second kappa shape index (κ2) is 15.8. The Kier molecular flexibility index (Phi) is 14.8. The number of hydrogen-bond acceptors (Lipinski definition) is 8. The minimum atomic E-state index is -0.934. The van der Waals surface area contributed by atoms with Gasteiger partial charge in [-0.3, -0.25) is 14.4 Å². The third-order valence-electron chi connectivity index (χ3n) is 4.04. The Morgan fingerprint density at radius 3 is 1.61 bits per heavy atom. The lowest BCUT2D eigenvalue weighted by Crippen LogP contribution is -2.42. The second-order valence-electron chi connectivity index (χ2n) is 6.43. The summed E-state index contributed by atoms with van der Waals surface area (Å²) in [5.41, 5.74) is 0.255. The van der Waals surface area contributed by atoms with E-state index in [0.717, 1.165) is 0 Å². The number of amides is 3. The van der Waals surface area contributed by atoms with Gasteiger partial charge in [0.15, 0.2) is 0 Å². The molecule has 0 fully saturated rings. The number of benzene rings is 1. The number of aliphatic hydroxyl groups is 4. The van der Waals surface area contributed by atoms with Crippen molar-refractivity contribution in [1.29, 1.82) is 0 Å². The number of halogens is 4. The van der Waals surface area contributed by atoms with Gasteiger partial charge in [-0.2, -0.15) is 0 Å². The van der Waals surface area contributed by atoms with Gasteiger partial charge in [0, 0.05) is 9.45 Å². The van der Waals surface area contributed by atoms with E-state index in [2.05, 4.69) is 16.0 Å². The maximum Gasteiger partial charge on any atom is 0.253 e. The first-order valence-corrected chi connectivity index (χ1v) is 13.1. The van der Waals surface area contributed by atoms with Gasteiger partial charge in [-0.25, -0.2) is 0 Å². The molecule has 11 nitrogen and oxygen atoms in total. The van der Waals surface area contributed by atoms with E-state index >= 15 is 0 Å². The van der Waals surface area contributed by atoms with Gasteiger partial charge in [0.05, 0.1) is 69.1 Å². The van der Waals surface area contributed by atoms with Crippen molar-refractivity contribution in [2.45, 2.75) is 12.1 Å². The zero-order valence-electron chi connectivity index (χ0n) is 17.0. The lowest BCUT2D eigenvalue weighted by Gasteiger charge is -2.22. The number of nitrogens with one attached hydrogen (secondary N) is 3. The fourth-order valence-corrected chi connectivity index (χ4v) is 6.91. The summed E-state index contributed by atoms with van der Waals surface area (Å²) in [5.74, 6) is -1.70. The molecule has 1 rings (SSSR count). The molecule has 0 spiro atoms. The van der Waals surface area contributed by atoms with Crippen LogP contribution in [0, 0.1) is 10.7 Å². The van der Waals surface area contributed by atoms with Crippen LogP contribution in [0.4, 0.5) is 5.69 Å². The molecule has 0 saturated carbocycles. The van der Waals surface area contributed by atoms with Crippen LogP contribution in [0.5, 0.6) is 0 Å². The highest BCUT2D eigenvalue weighted by Crippen LogP contribution is 2.36. The lowest BCUT2D eigenvalue weighted by atomic mass is 10.1. The molecule has 0 aliphatic rings. The van der Waals surface area contributed by atoms with Gasteiger partial charge >= 0.3 is 0 Å². The molecule has 0 atom stereocenters. The number of hydrogen-bond donors (Lipinski definition) is 7. The average molecular weight is 826 g/mol. The van der Waals surface area contributed by atoms with E-state index < -0.39 is 56.2 Å². The molecule has 1 aromatic rings. The van der Waals surface area contributed by atoms with E-state index in [4.69, 9.17) is 16.3 Å². The van der Waals surface area contributed by atoms with Gasteiger partial charge in [-0.15, -0.1) is 11.6 Å². The number of anilines is 1. The largest absolute Gasteiger partial charge is 0.394 e. The standard InChI is InChI=1S/C18H23ClI3N3O8/c19-1-2-33-7-10(30)25-16-14(21)11(17(31)23-8(3-26)4-27)13(20)12(15(16)22)18(32)24-9(5-28)6-29/h8-9,26-29H,1-7H2,(H,23,31)(H,24,32)(H,25,30). The Labute approximate surface area is 235 Å². The normalized spacial score (nSPS) is 11.1. The highest BCUT2D eigenvalue weighted by atomic mass is 127. The Bertz CT molecular complexity index is 801. The van der Waals surface area contributed by atoms with Gasteiger partial charge < -0.3 is 41.1 Å². The van der Waals surface area contributed by atoms with E-state index in [0.29, 0.717) is 7.14 Å². The van der Waals surface area contributed by atoms with E-state index in [1.807, 2.05) is 67.8 Å². The van der Waals surface area contributed by atoms with Crippen LogP contribution < -0.4 is 16.0 Å². The Morgan fingerprint density at radius 1 is 0.818 bits per heavy atom. The zero-order valence-corrected chi connectivity index (χ0v) is 24.3. The van der Waals surface area contributed by atoms with E-state index in [1.165, 1.54) is 0 Å². The van der Waals surface area contributed by atoms with Gasteiger partial charge in [0.2, 0.25) is 5.91 Å². The molecule has 186 valence electrons. The maximum absolute atomic E-state index is 13.0. The molecule has 0 radical (unpaired) electrons. The summed E-state index contributed by atoms with van der Waals surface area (Å²) in [6.07, 6.45) is 0. The first-order chi connectivity index (χ1) is 15.7. The molecular formula is C18H23ClI3N3O8. The predicted molar refractivity (Wildman–Crippen MR) is 146 cm³/mol. The Hall–Kier alpha value is -0.0900. The second-order valence-corrected chi connectivity index (χ2v) is 10.0. The van der Waals surface area contributed by atoms with Gasteiger partial charge in [0.1, 0.15) is 6.61 Å². The van der Waals surface area contributed by atoms with Crippen LogP contribution in [0.3, 0.4) is 0 Å². The highest BCUT2D eigenvalue weighted by molar-refractivity contribution is 14.1. The van der Waals surface area contributed by atoms with Crippen molar-refractivity contribution in [1.82, 2.24) is 10.6 Å². The molecule has 0 bridgehead atoms. The number of alkyl halides is 1. The monoisotopic (exact) mass is 825 g/mol. The minimum Gasteiger partial charge on any atom is -0.394 e. The molecule has 0 unspecified atom stereocenters. The summed E-state index contributed by atoms with van der Waals surface area (Å²) in [6, 6.07) is -1.87. The van der Waals surface area contributed by atoms with Crippen LogP contribution >= 0.6 is 79.4 Å². The lowest BCUT2D eigenvalue weighted by molar-refractivity contribution is -0.120. The van der Waals surface area contributed by atoms with Crippen molar-refractivity contribution < 1.29 is 39.5 Å². The van der Waals surface area contributed by atoms with Crippen LogP contribution in [0.15, 0.2) is 0 Å². The fourth-order valence-electron chi connectivity index (χ4n) is 2.38. The Morgan fingerprint density at radius 2 is 1.24 bits per heavy atom. The number of ether oxygens (including phenoxy) is 1. The van der Waals surface area contributed by atoms with E-state index in [1.54, 1.807) is 0 Å². The number of carbonyl (C=O) groups is 3. The van der Waals surface area contributed by atoms with Crippen LogP contribution in [-0.4, -0.2) is 95.8 Å². The number of aliphatic hydroxyl groups excluding tert-OH is 4. The van der Waals surface area contributed by atoms with Gasteiger partial charge in [-0.1, -0.05) is 0 Å².